The molecule has 1 aliphatic rings. The van der Waals surface area contributed by atoms with Crippen LogP contribution in [-0.4, -0.2) is 21.6 Å². The van der Waals surface area contributed by atoms with Gasteiger partial charge in [0.2, 0.25) is 11.8 Å². The number of amides is 2. The molecular weight excluding hydrogens is 375 g/mol. The van der Waals surface area contributed by atoms with Crippen molar-refractivity contribution in [3.63, 3.8) is 0 Å². The second kappa shape index (κ2) is 6.10. The molecule has 0 radical (unpaired) electrons. The Morgan fingerprint density at radius 2 is 1.96 bits per heavy atom. The third kappa shape index (κ3) is 2.46. The van der Waals surface area contributed by atoms with Crippen LogP contribution in [0, 0.1) is 17.2 Å². The van der Waals surface area contributed by atoms with E-state index in [1.54, 1.807) is 13.0 Å². The number of carbonyl (C=O) groups is 2. The smallest absolute Gasteiger partial charge is 0.238 e. The summed E-state index contributed by atoms with van der Waals surface area (Å²) in [5, 5.41) is 13.9. The molecule has 1 saturated heterocycles. The first-order valence-corrected chi connectivity index (χ1v) is 7.99. The zero-order valence-corrected chi connectivity index (χ0v) is 14.5. The monoisotopic (exact) mass is 382 g/mol. The lowest BCUT2D eigenvalue weighted by Gasteiger charge is -2.18. The van der Waals surface area contributed by atoms with Crippen molar-refractivity contribution in [1.82, 2.24) is 9.78 Å². The van der Waals surface area contributed by atoms with Gasteiger partial charge in [-0.2, -0.15) is 10.4 Å². The lowest BCUT2D eigenvalue weighted by Crippen LogP contribution is -2.32. The molecule has 9 heteroatoms. The van der Waals surface area contributed by atoms with Crippen LogP contribution in [0.15, 0.2) is 18.3 Å². The summed E-state index contributed by atoms with van der Waals surface area (Å²) in [6.07, 6.45) is 1.34. The third-order valence-corrected chi connectivity index (χ3v) is 4.97. The summed E-state index contributed by atoms with van der Waals surface area (Å²) in [6.45, 7) is 1.65. The highest BCUT2D eigenvalue weighted by Gasteiger charge is 2.40. The fourth-order valence-corrected chi connectivity index (χ4v) is 3.11. The standard InChI is InChI=1S/C15H9Cl3N4O2/c1-7-4-11(23)21(15(7)24)14-8(5-19)6-20-22(14)10-3-2-9(16)12(17)13(10)18/h2-3,6-7H,4H2,1H3. The minimum Gasteiger partial charge on any atom is -0.274 e. The van der Waals surface area contributed by atoms with Crippen LogP contribution in [0.4, 0.5) is 5.82 Å². The van der Waals surface area contributed by atoms with E-state index in [-0.39, 0.29) is 32.9 Å². The molecule has 1 atom stereocenters. The lowest BCUT2D eigenvalue weighted by atomic mass is 10.1. The average Bonchev–Trinajstić information content (AvgIpc) is 3.06. The SMILES string of the molecule is CC1CC(=O)N(c2c(C#N)cnn2-c2ccc(Cl)c(Cl)c2Cl)C1=O. The molecule has 0 spiro atoms. The molecule has 6 nitrogen and oxygen atoms in total. The number of benzene rings is 1. The minimum atomic E-state index is -0.461. The van der Waals surface area contributed by atoms with Crippen molar-refractivity contribution in [3.05, 3.63) is 39.0 Å². The van der Waals surface area contributed by atoms with E-state index in [0.717, 1.165) is 4.90 Å². The number of anilines is 1. The molecule has 24 heavy (non-hydrogen) atoms. The highest BCUT2D eigenvalue weighted by atomic mass is 35.5. The van der Waals surface area contributed by atoms with Crippen LogP contribution in [0.1, 0.15) is 18.9 Å². The van der Waals surface area contributed by atoms with Crippen molar-refractivity contribution in [2.75, 3.05) is 4.90 Å². The van der Waals surface area contributed by atoms with Gasteiger partial charge in [0.25, 0.3) is 0 Å². The number of halogens is 3. The van der Waals surface area contributed by atoms with Gasteiger partial charge in [0, 0.05) is 12.3 Å². The van der Waals surface area contributed by atoms with Gasteiger partial charge in [-0.3, -0.25) is 9.59 Å². The average molecular weight is 384 g/mol. The number of nitriles is 1. The van der Waals surface area contributed by atoms with Crippen LogP contribution < -0.4 is 4.90 Å². The molecule has 3 rings (SSSR count). The number of hydrogen-bond acceptors (Lipinski definition) is 4. The molecule has 0 saturated carbocycles. The number of aromatic nitrogens is 2. The first-order valence-electron chi connectivity index (χ1n) is 6.85. The highest BCUT2D eigenvalue weighted by Crippen LogP contribution is 2.38. The van der Waals surface area contributed by atoms with Crippen LogP contribution in [0.5, 0.6) is 0 Å². The Balaban J connectivity index is 2.25. The Morgan fingerprint density at radius 1 is 1.25 bits per heavy atom. The van der Waals surface area contributed by atoms with Crippen molar-refractivity contribution in [3.8, 4) is 11.8 Å². The van der Waals surface area contributed by atoms with Crippen molar-refractivity contribution >= 4 is 52.4 Å². The van der Waals surface area contributed by atoms with Gasteiger partial charge < -0.3 is 0 Å². The van der Waals surface area contributed by atoms with E-state index in [0.29, 0.717) is 5.69 Å². The summed E-state index contributed by atoms with van der Waals surface area (Å²) in [5.74, 6) is -1.20. The van der Waals surface area contributed by atoms with Gasteiger partial charge in [-0.25, -0.2) is 9.58 Å². The van der Waals surface area contributed by atoms with Crippen LogP contribution in [-0.2, 0) is 9.59 Å². The van der Waals surface area contributed by atoms with Crippen molar-refractivity contribution in [1.29, 1.82) is 5.26 Å². The molecule has 0 aliphatic carbocycles. The Labute approximate surface area is 152 Å². The zero-order chi connectivity index (χ0) is 17.6. The van der Waals surface area contributed by atoms with Crippen LogP contribution in [0.3, 0.4) is 0 Å². The minimum absolute atomic E-state index is 0.0529. The van der Waals surface area contributed by atoms with Crippen LogP contribution in [0.2, 0.25) is 15.1 Å². The Hall–Kier alpha value is -2.07. The van der Waals surface area contributed by atoms with Crippen LogP contribution >= 0.6 is 34.8 Å². The molecule has 1 unspecified atom stereocenters. The summed E-state index contributed by atoms with van der Waals surface area (Å²) in [7, 11) is 0. The first-order chi connectivity index (χ1) is 11.4. The fraction of sp³-hybridized carbons (Fsp3) is 0.200. The van der Waals surface area contributed by atoms with Crippen molar-refractivity contribution in [2.45, 2.75) is 13.3 Å². The largest absolute Gasteiger partial charge is 0.274 e. The quantitative estimate of drug-likeness (QED) is 0.586. The molecule has 122 valence electrons. The van der Waals surface area contributed by atoms with Gasteiger partial charge >= 0.3 is 0 Å². The fourth-order valence-electron chi connectivity index (χ4n) is 2.50. The summed E-state index contributed by atoms with van der Waals surface area (Å²) in [5.41, 5.74) is 0.385. The van der Waals surface area contributed by atoms with Gasteiger partial charge in [0.15, 0.2) is 5.82 Å². The highest BCUT2D eigenvalue weighted by molar-refractivity contribution is 6.48. The van der Waals surface area contributed by atoms with Gasteiger partial charge in [0.05, 0.1) is 27.0 Å². The van der Waals surface area contributed by atoms with E-state index in [2.05, 4.69) is 5.10 Å². The maximum atomic E-state index is 12.3. The summed E-state index contributed by atoms with van der Waals surface area (Å²) < 4.78 is 1.25. The van der Waals surface area contributed by atoms with Gasteiger partial charge in [-0.15, -0.1) is 0 Å². The van der Waals surface area contributed by atoms with E-state index in [1.165, 1.54) is 16.9 Å². The van der Waals surface area contributed by atoms with E-state index in [1.807, 2.05) is 6.07 Å². The molecule has 2 amide bonds. The molecule has 1 aromatic heterocycles. The number of nitrogens with zero attached hydrogens (tertiary/aromatic N) is 4. The van der Waals surface area contributed by atoms with E-state index >= 15 is 0 Å². The van der Waals surface area contributed by atoms with Crippen molar-refractivity contribution < 1.29 is 9.59 Å². The van der Waals surface area contributed by atoms with Gasteiger partial charge in [-0.1, -0.05) is 41.7 Å². The molecule has 0 bridgehead atoms. The Kier molecular flexibility index (Phi) is 4.26. The second-order valence-electron chi connectivity index (χ2n) is 5.27. The number of rotatable bonds is 2. The molecule has 1 fully saturated rings. The maximum Gasteiger partial charge on any atom is 0.238 e. The van der Waals surface area contributed by atoms with Crippen LogP contribution in [0.25, 0.3) is 5.69 Å². The van der Waals surface area contributed by atoms with E-state index in [9.17, 15) is 14.9 Å². The molecule has 1 aliphatic heterocycles. The molecule has 0 N–H and O–H groups in total. The number of imide groups is 1. The molecular formula is C15H9Cl3N4O2. The normalized spacial score (nSPS) is 17.5. The van der Waals surface area contributed by atoms with E-state index < -0.39 is 17.7 Å². The summed E-state index contributed by atoms with van der Waals surface area (Å²) in [6, 6.07) is 4.99. The lowest BCUT2D eigenvalue weighted by molar-refractivity contribution is -0.122. The first kappa shape index (κ1) is 16.8. The van der Waals surface area contributed by atoms with E-state index in [4.69, 9.17) is 34.8 Å². The zero-order valence-electron chi connectivity index (χ0n) is 12.3. The molecule has 1 aromatic carbocycles. The predicted molar refractivity (Wildman–Crippen MR) is 89.6 cm³/mol. The number of carbonyl (C=O) groups excluding carboxylic acids is 2. The van der Waals surface area contributed by atoms with Crippen molar-refractivity contribution in [2.24, 2.45) is 5.92 Å². The summed E-state index contributed by atoms with van der Waals surface area (Å²) in [4.78, 5) is 25.5. The van der Waals surface area contributed by atoms with Gasteiger partial charge in [0.1, 0.15) is 11.6 Å². The third-order valence-electron chi connectivity index (χ3n) is 3.69. The maximum absolute atomic E-state index is 12.3. The Bertz CT molecular complexity index is 916. The Morgan fingerprint density at radius 3 is 2.54 bits per heavy atom. The number of hydrogen-bond donors (Lipinski definition) is 0. The summed E-state index contributed by atoms with van der Waals surface area (Å²) >= 11 is 18.2. The van der Waals surface area contributed by atoms with Gasteiger partial charge in [-0.05, 0) is 12.1 Å². The molecule has 2 aromatic rings. The molecule has 2 heterocycles. The topological polar surface area (TPSA) is 79.0 Å². The second-order valence-corrected chi connectivity index (χ2v) is 6.44. The predicted octanol–water partition coefficient (Wildman–Crippen LogP) is 3.60.